The number of hydrogen-bond donors (Lipinski definition) is 0. The third-order valence-corrected chi connectivity index (χ3v) is 4.89. The quantitative estimate of drug-likeness (QED) is 0.560. The normalized spacial score (nSPS) is 17.2. The molecule has 1 amide bonds. The maximum absolute atomic E-state index is 12.3. The van der Waals surface area contributed by atoms with Crippen molar-refractivity contribution in [2.75, 3.05) is 11.4 Å². The van der Waals surface area contributed by atoms with Crippen molar-refractivity contribution < 1.29 is 14.3 Å². The molecule has 1 saturated heterocycles. The van der Waals surface area contributed by atoms with Gasteiger partial charge in [0.1, 0.15) is 5.75 Å². The van der Waals surface area contributed by atoms with E-state index in [0.717, 1.165) is 10.0 Å². The summed E-state index contributed by atoms with van der Waals surface area (Å²) < 4.78 is 6.27. The largest absolute Gasteiger partial charge is 0.426 e. The van der Waals surface area contributed by atoms with Crippen molar-refractivity contribution in [1.82, 2.24) is 0 Å². The number of anilines is 1. The van der Waals surface area contributed by atoms with E-state index in [0.29, 0.717) is 23.0 Å². The molecule has 3 rings (SSSR count). The summed E-state index contributed by atoms with van der Waals surface area (Å²) in [4.78, 5) is 26.1. The number of benzene rings is 2. The summed E-state index contributed by atoms with van der Waals surface area (Å²) in [6.07, 6.45) is 0.140. The number of hydrogen-bond acceptors (Lipinski definition) is 3. The first kappa shape index (κ1) is 17.0. The lowest BCUT2D eigenvalue weighted by molar-refractivity contribution is -0.139. The topological polar surface area (TPSA) is 46.6 Å². The molecule has 124 valence electrons. The molecule has 1 aliphatic heterocycles. The fraction of sp³-hybridized carbons (Fsp3) is 0.222. The number of esters is 1. The van der Waals surface area contributed by atoms with E-state index in [-0.39, 0.29) is 12.3 Å². The number of aryl methyl sites for hydroxylation is 1. The summed E-state index contributed by atoms with van der Waals surface area (Å²) in [5.41, 5.74) is 1.65. The second kappa shape index (κ2) is 6.95. The van der Waals surface area contributed by atoms with Crippen LogP contribution in [0.5, 0.6) is 5.75 Å². The van der Waals surface area contributed by atoms with Gasteiger partial charge in [0.05, 0.1) is 5.92 Å². The van der Waals surface area contributed by atoms with Crippen molar-refractivity contribution in [2.24, 2.45) is 5.92 Å². The lowest BCUT2D eigenvalue weighted by Crippen LogP contribution is -2.27. The first-order valence-corrected chi connectivity index (χ1v) is 8.65. The Morgan fingerprint density at radius 3 is 2.62 bits per heavy atom. The van der Waals surface area contributed by atoms with E-state index < -0.39 is 11.9 Å². The second-order valence-electron chi connectivity index (χ2n) is 5.71. The Bertz CT molecular complexity index is 791. The number of halogens is 2. The molecule has 0 bridgehead atoms. The van der Waals surface area contributed by atoms with Crippen LogP contribution in [-0.4, -0.2) is 18.4 Å². The van der Waals surface area contributed by atoms with Gasteiger partial charge in [0, 0.05) is 28.1 Å². The van der Waals surface area contributed by atoms with Crippen molar-refractivity contribution >= 4 is 45.1 Å². The number of rotatable bonds is 3. The minimum atomic E-state index is -0.485. The average Bonchev–Trinajstić information content (AvgIpc) is 2.94. The molecule has 0 radical (unpaired) electrons. The Labute approximate surface area is 153 Å². The Balaban J connectivity index is 1.70. The molecule has 0 aliphatic carbocycles. The van der Waals surface area contributed by atoms with Crippen LogP contribution in [0.2, 0.25) is 5.02 Å². The van der Waals surface area contributed by atoms with Gasteiger partial charge in [-0.2, -0.15) is 0 Å². The molecule has 1 heterocycles. The van der Waals surface area contributed by atoms with Crippen molar-refractivity contribution in [1.29, 1.82) is 0 Å². The lowest BCUT2D eigenvalue weighted by Gasteiger charge is -2.17. The molecule has 0 spiro atoms. The van der Waals surface area contributed by atoms with Crippen LogP contribution in [0.3, 0.4) is 0 Å². The van der Waals surface area contributed by atoms with E-state index in [4.69, 9.17) is 16.3 Å². The van der Waals surface area contributed by atoms with Gasteiger partial charge < -0.3 is 9.64 Å². The molecular formula is C18H15BrClNO3. The van der Waals surface area contributed by atoms with Crippen LogP contribution in [0.4, 0.5) is 5.69 Å². The monoisotopic (exact) mass is 407 g/mol. The van der Waals surface area contributed by atoms with Gasteiger partial charge in [-0.05, 0) is 48.9 Å². The van der Waals surface area contributed by atoms with Crippen LogP contribution in [0, 0.1) is 12.8 Å². The Morgan fingerprint density at radius 1 is 1.25 bits per heavy atom. The van der Waals surface area contributed by atoms with Gasteiger partial charge >= 0.3 is 5.97 Å². The molecule has 0 aromatic heterocycles. The molecule has 1 fully saturated rings. The fourth-order valence-corrected chi connectivity index (χ4v) is 3.01. The zero-order chi connectivity index (χ0) is 17.3. The smallest absolute Gasteiger partial charge is 0.316 e. The molecule has 2 aromatic carbocycles. The van der Waals surface area contributed by atoms with E-state index in [1.54, 1.807) is 35.2 Å². The minimum absolute atomic E-state index is 0.104. The molecule has 2 aromatic rings. The third kappa shape index (κ3) is 3.62. The zero-order valence-corrected chi connectivity index (χ0v) is 15.3. The van der Waals surface area contributed by atoms with Gasteiger partial charge in [0.15, 0.2) is 0 Å². The second-order valence-corrected chi connectivity index (χ2v) is 7.04. The standard InChI is InChI=1S/C18H15BrClNO3/c1-11-2-5-14(9-16(11)20)21-10-12(8-17(21)22)18(23)24-15-6-3-13(19)4-7-15/h2-7,9,12H,8,10H2,1H3/t12-/m0/s1. The summed E-state index contributed by atoms with van der Waals surface area (Å²) in [5.74, 6) is -0.521. The highest BCUT2D eigenvalue weighted by molar-refractivity contribution is 9.10. The van der Waals surface area contributed by atoms with E-state index >= 15 is 0 Å². The molecule has 24 heavy (non-hydrogen) atoms. The lowest BCUT2D eigenvalue weighted by atomic mass is 10.1. The average molecular weight is 409 g/mol. The van der Waals surface area contributed by atoms with Crippen molar-refractivity contribution in [2.45, 2.75) is 13.3 Å². The molecule has 1 aliphatic rings. The van der Waals surface area contributed by atoms with Crippen LogP contribution in [-0.2, 0) is 9.59 Å². The fourth-order valence-electron chi connectivity index (χ4n) is 2.57. The number of ether oxygens (including phenoxy) is 1. The van der Waals surface area contributed by atoms with Gasteiger partial charge in [-0.3, -0.25) is 9.59 Å². The molecule has 0 N–H and O–H groups in total. The van der Waals surface area contributed by atoms with Crippen LogP contribution in [0.25, 0.3) is 0 Å². The van der Waals surface area contributed by atoms with E-state index in [1.807, 2.05) is 19.1 Å². The summed E-state index contributed by atoms with van der Waals surface area (Å²) in [6, 6.07) is 12.4. The number of carbonyl (C=O) groups is 2. The highest BCUT2D eigenvalue weighted by atomic mass is 79.9. The zero-order valence-electron chi connectivity index (χ0n) is 13.0. The summed E-state index contributed by atoms with van der Waals surface area (Å²) >= 11 is 9.45. The maximum Gasteiger partial charge on any atom is 0.316 e. The predicted octanol–water partition coefficient (Wildman–Crippen LogP) is 4.37. The highest BCUT2D eigenvalue weighted by Crippen LogP contribution is 2.29. The van der Waals surface area contributed by atoms with Gasteiger partial charge in [0.25, 0.3) is 0 Å². The molecule has 1 atom stereocenters. The van der Waals surface area contributed by atoms with E-state index in [1.165, 1.54) is 0 Å². The predicted molar refractivity (Wildman–Crippen MR) is 96.4 cm³/mol. The number of amides is 1. The van der Waals surface area contributed by atoms with Crippen molar-refractivity contribution in [3.8, 4) is 5.75 Å². The number of nitrogens with zero attached hydrogens (tertiary/aromatic N) is 1. The minimum Gasteiger partial charge on any atom is -0.426 e. The molecule has 0 saturated carbocycles. The van der Waals surface area contributed by atoms with Crippen LogP contribution < -0.4 is 9.64 Å². The summed E-state index contributed by atoms with van der Waals surface area (Å²) in [6.45, 7) is 2.20. The Hall–Kier alpha value is -1.85. The van der Waals surface area contributed by atoms with Crippen molar-refractivity contribution in [3.05, 3.63) is 57.5 Å². The number of carbonyl (C=O) groups excluding carboxylic acids is 2. The first-order chi connectivity index (χ1) is 11.4. The molecule has 6 heteroatoms. The van der Waals surface area contributed by atoms with Crippen LogP contribution in [0.1, 0.15) is 12.0 Å². The summed E-state index contributed by atoms with van der Waals surface area (Å²) in [5, 5.41) is 0.598. The molecule has 0 unspecified atom stereocenters. The first-order valence-electron chi connectivity index (χ1n) is 7.48. The highest BCUT2D eigenvalue weighted by Gasteiger charge is 2.36. The van der Waals surface area contributed by atoms with Crippen molar-refractivity contribution in [3.63, 3.8) is 0 Å². The molecular weight excluding hydrogens is 394 g/mol. The third-order valence-electron chi connectivity index (χ3n) is 3.96. The van der Waals surface area contributed by atoms with Gasteiger partial charge in [-0.15, -0.1) is 0 Å². The van der Waals surface area contributed by atoms with E-state index in [9.17, 15) is 9.59 Å². The van der Waals surface area contributed by atoms with Crippen LogP contribution in [0.15, 0.2) is 46.9 Å². The van der Waals surface area contributed by atoms with Crippen LogP contribution >= 0.6 is 27.5 Å². The van der Waals surface area contributed by atoms with Gasteiger partial charge in [0.2, 0.25) is 5.91 Å². The summed E-state index contributed by atoms with van der Waals surface area (Å²) in [7, 11) is 0. The maximum atomic E-state index is 12.3. The Morgan fingerprint density at radius 2 is 1.96 bits per heavy atom. The SMILES string of the molecule is Cc1ccc(N2C[C@@H](C(=O)Oc3ccc(Br)cc3)CC2=O)cc1Cl. The van der Waals surface area contributed by atoms with E-state index in [2.05, 4.69) is 15.9 Å². The van der Waals surface area contributed by atoms with Gasteiger partial charge in [-0.1, -0.05) is 33.6 Å². The molecule has 4 nitrogen and oxygen atoms in total. The van der Waals surface area contributed by atoms with Gasteiger partial charge in [-0.25, -0.2) is 0 Å². The Kier molecular flexibility index (Phi) is 4.92.